The van der Waals surface area contributed by atoms with Gasteiger partial charge in [-0.1, -0.05) is 31.6 Å². The molecule has 0 aromatic rings. The van der Waals surface area contributed by atoms with Gasteiger partial charge in [-0.15, -0.1) is 0 Å². The molecule has 2 heteroatoms. The summed E-state index contributed by atoms with van der Waals surface area (Å²) in [5.74, 6) is 9.55. The number of hydrogen-bond donors (Lipinski definition) is 1. The number of carboxylic acid groups (broad SMARTS) is 1. The van der Waals surface area contributed by atoms with Gasteiger partial charge >= 0.3 is 5.97 Å². The molecule has 0 rings (SSSR count). The molecule has 13 heavy (non-hydrogen) atoms. The van der Waals surface area contributed by atoms with Gasteiger partial charge in [0.25, 0.3) is 0 Å². The van der Waals surface area contributed by atoms with Gasteiger partial charge in [-0.25, -0.2) is 0 Å². The molecule has 70 valence electrons. The van der Waals surface area contributed by atoms with E-state index in [0.717, 1.165) is 12.8 Å². The van der Waals surface area contributed by atoms with Crippen molar-refractivity contribution in [1.82, 2.24) is 0 Å². The first-order chi connectivity index (χ1) is 6.27. The molecule has 0 saturated heterocycles. The van der Waals surface area contributed by atoms with E-state index in [1.54, 1.807) is 0 Å². The second-order valence-corrected chi connectivity index (χ2v) is 2.63. The number of unbranched alkanes of at least 4 members (excludes halogenated alkanes) is 3. The lowest BCUT2D eigenvalue weighted by molar-refractivity contribution is -0.135. The molecule has 0 radical (unpaired) electrons. The van der Waals surface area contributed by atoms with Crippen LogP contribution in [0.3, 0.4) is 0 Å². The predicted octanol–water partition coefficient (Wildman–Crippen LogP) is 2.05. The zero-order valence-electron chi connectivity index (χ0n) is 7.89. The average molecular weight is 178 g/mol. The molecule has 0 fully saturated rings. The largest absolute Gasteiger partial charge is 0.481 e. The highest BCUT2D eigenvalue weighted by Crippen LogP contribution is 1.96. The van der Waals surface area contributed by atoms with Gasteiger partial charge in [-0.05, 0) is 18.3 Å². The Morgan fingerprint density at radius 1 is 1.23 bits per heavy atom. The highest BCUT2D eigenvalue weighted by atomic mass is 16.4. The van der Waals surface area contributed by atoms with Crippen molar-refractivity contribution in [3.05, 3.63) is 0 Å². The molecule has 0 unspecified atom stereocenters. The van der Waals surface area contributed by atoms with E-state index in [4.69, 9.17) is 5.11 Å². The van der Waals surface area contributed by atoms with Crippen LogP contribution in [0.25, 0.3) is 0 Å². The first-order valence-electron chi connectivity index (χ1n) is 4.45. The fourth-order valence-corrected chi connectivity index (χ4v) is 0.734. The van der Waals surface area contributed by atoms with Crippen LogP contribution >= 0.6 is 0 Å². The maximum atomic E-state index is 10.0. The van der Waals surface area contributed by atoms with Gasteiger partial charge in [0.2, 0.25) is 0 Å². The van der Waals surface area contributed by atoms with E-state index in [9.17, 15) is 4.79 Å². The van der Waals surface area contributed by atoms with Crippen molar-refractivity contribution in [3.63, 3.8) is 0 Å². The summed E-state index contributed by atoms with van der Waals surface area (Å²) >= 11 is 0. The minimum absolute atomic E-state index is 0.121. The molecule has 0 atom stereocenters. The van der Waals surface area contributed by atoms with E-state index < -0.39 is 5.97 Å². The molecule has 0 aromatic carbocycles. The van der Waals surface area contributed by atoms with E-state index in [1.165, 1.54) is 12.8 Å². The normalized spacial score (nSPS) is 7.77. The van der Waals surface area contributed by atoms with Gasteiger partial charge in [-0.2, -0.15) is 0 Å². The van der Waals surface area contributed by atoms with Crippen molar-refractivity contribution in [2.75, 3.05) is 0 Å². The van der Waals surface area contributed by atoms with Gasteiger partial charge < -0.3 is 5.11 Å². The minimum atomic E-state index is -0.903. The summed E-state index contributed by atoms with van der Waals surface area (Å²) in [4.78, 5) is 10.0. The van der Waals surface area contributed by atoms with Gasteiger partial charge in [0.1, 0.15) is 6.42 Å². The molecule has 0 aromatic heterocycles. The monoisotopic (exact) mass is 178 g/mol. The fourth-order valence-electron chi connectivity index (χ4n) is 0.734. The lowest BCUT2D eigenvalue weighted by atomic mass is 10.2. The second-order valence-electron chi connectivity index (χ2n) is 2.63. The zero-order valence-corrected chi connectivity index (χ0v) is 7.89. The summed E-state index contributed by atoms with van der Waals surface area (Å²) in [7, 11) is 0. The molecule has 0 aliphatic carbocycles. The lowest BCUT2D eigenvalue weighted by Crippen LogP contribution is -1.89. The van der Waals surface area contributed by atoms with Crippen LogP contribution in [-0.4, -0.2) is 11.1 Å². The van der Waals surface area contributed by atoms with Crippen LogP contribution in [0.5, 0.6) is 0 Å². The molecular weight excluding hydrogens is 164 g/mol. The Kier molecular flexibility index (Phi) is 7.74. The van der Waals surface area contributed by atoms with Crippen LogP contribution in [0.4, 0.5) is 0 Å². The Bertz CT molecular complexity index is 257. The smallest absolute Gasteiger partial charge is 0.315 e. The highest BCUT2D eigenvalue weighted by molar-refractivity contribution is 5.70. The number of carboxylic acids is 1. The molecule has 1 N–H and O–H groups in total. The quantitative estimate of drug-likeness (QED) is 0.528. The third kappa shape index (κ3) is 10.6. The maximum absolute atomic E-state index is 10.0. The van der Waals surface area contributed by atoms with E-state index in [2.05, 4.69) is 30.6 Å². The van der Waals surface area contributed by atoms with E-state index in [0.29, 0.717) is 0 Å². The number of carbonyl (C=O) groups is 1. The molecular formula is C11H14O2. The molecule has 0 amide bonds. The van der Waals surface area contributed by atoms with Crippen molar-refractivity contribution in [2.45, 2.75) is 39.0 Å². The van der Waals surface area contributed by atoms with Crippen molar-refractivity contribution in [2.24, 2.45) is 0 Å². The molecule has 0 heterocycles. The number of aliphatic carboxylic acids is 1. The molecule has 0 bridgehead atoms. The fraction of sp³-hybridized carbons (Fsp3) is 0.545. The Morgan fingerprint density at radius 2 is 1.92 bits per heavy atom. The summed E-state index contributed by atoms with van der Waals surface area (Å²) < 4.78 is 0. The Labute approximate surface area is 79.3 Å². The third-order valence-electron chi connectivity index (χ3n) is 1.38. The molecule has 0 saturated carbocycles. The standard InChI is InChI=1S/C11H14O2/c1-2-3-4-5-6-7-8-9-10-11(12)13/h2-5,10H2,1H3,(H,12,13). The van der Waals surface area contributed by atoms with Crippen LogP contribution in [0.15, 0.2) is 0 Å². The minimum Gasteiger partial charge on any atom is -0.481 e. The summed E-state index contributed by atoms with van der Waals surface area (Å²) in [6.45, 7) is 2.14. The van der Waals surface area contributed by atoms with Crippen molar-refractivity contribution >= 4 is 5.97 Å². The van der Waals surface area contributed by atoms with E-state index in [1.807, 2.05) is 0 Å². The summed E-state index contributed by atoms with van der Waals surface area (Å²) in [6, 6.07) is 0. The van der Waals surface area contributed by atoms with Crippen molar-refractivity contribution < 1.29 is 9.90 Å². The Balaban J connectivity index is 3.46. The van der Waals surface area contributed by atoms with Gasteiger partial charge in [0.15, 0.2) is 0 Å². The van der Waals surface area contributed by atoms with E-state index in [-0.39, 0.29) is 6.42 Å². The molecule has 0 aliphatic heterocycles. The third-order valence-corrected chi connectivity index (χ3v) is 1.38. The average Bonchev–Trinajstić information content (AvgIpc) is 2.09. The number of hydrogen-bond acceptors (Lipinski definition) is 1. The molecule has 0 spiro atoms. The number of rotatable bonds is 4. The van der Waals surface area contributed by atoms with Gasteiger partial charge in [0.05, 0.1) is 0 Å². The van der Waals surface area contributed by atoms with Gasteiger partial charge in [-0.3, -0.25) is 4.79 Å². The van der Waals surface area contributed by atoms with Crippen LogP contribution in [0.2, 0.25) is 0 Å². The first-order valence-corrected chi connectivity index (χ1v) is 4.45. The maximum Gasteiger partial charge on any atom is 0.315 e. The SMILES string of the molecule is CCCCCC#CC#CCC(=O)O. The van der Waals surface area contributed by atoms with Crippen LogP contribution in [-0.2, 0) is 4.79 Å². The van der Waals surface area contributed by atoms with Crippen LogP contribution < -0.4 is 0 Å². The van der Waals surface area contributed by atoms with Crippen molar-refractivity contribution in [3.8, 4) is 23.7 Å². The van der Waals surface area contributed by atoms with Gasteiger partial charge in [0, 0.05) is 6.42 Å². The van der Waals surface area contributed by atoms with E-state index >= 15 is 0 Å². The predicted molar refractivity (Wildman–Crippen MR) is 51.9 cm³/mol. The van der Waals surface area contributed by atoms with Crippen molar-refractivity contribution in [1.29, 1.82) is 0 Å². The Morgan fingerprint density at radius 3 is 2.54 bits per heavy atom. The molecule has 0 aliphatic rings. The first kappa shape index (κ1) is 11.6. The second kappa shape index (κ2) is 8.68. The topological polar surface area (TPSA) is 37.3 Å². The van der Waals surface area contributed by atoms with Crippen LogP contribution in [0, 0.1) is 23.7 Å². The summed E-state index contributed by atoms with van der Waals surface area (Å²) in [6.07, 6.45) is 4.22. The molecule has 2 nitrogen and oxygen atoms in total. The highest BCUT2D eigenvalue weighted by Gasteiger charge is 1.86. The lowest BCUT2D eigenvalue weighted by Gasteiger charge is -1.86. The summed E-state index contributed by atoms with van der Waals surface area (Å²) in [5, 5.41) is 8.24. The summed E-state index contributed by atoms with van der Waals surface area (Å²) in [5.41, 5.74) is 0. The van der Waals surface area contributed by atoms with Crippen LogP contribution in [0.1, 0.15) is 39.0 Å². The zero-order chi connectivity index (χ0) is 9.94. The Hall–Kier alpha value is -1.41.